The van der Waals surface area contributed by atoms with Gasteiger partial charge in [0.2, 0.25) is 15.7 Å². The van der Waals surface area contributed by atoms with Crippen LogP contribution in [0.3, 0.4) is 0 Å². The third-order valence-electron chi connectivity index (χ3n) is 3.90. The first kappa shape index (κ1) is 20.8. The molecule has 26 heavy (non-hydrogen) atoms. The monoisotopic (exact) mass is 417 g/mol. The lowest BCUT2D eigenvalue weighted by atomic mass is 10.1. The molecule has 1 aromatic heterocycles. The summed E-state index contributed by atoms with van der Waals surface area (Å²) in [5, 5.41) is 7.03. The number of hydrogen-bond donors (Lipinski definition) is 1. The molecule has 1 aromatic rings. The van der Waals surface area contributed by atoms with Crippen molar-refractivity contribution in [3.8, 4) is 5.88 Å². The Labute approximate surface area is 153 Å². The zero-order valence-electron chi connectivity index (χ0n) is 14.4. The molecule has 0 bridgehead atoms. The van der Waals surface area contributed by atoms with Gasteiger partial charge < -0.3 is 9.57 Å². The summed E-state index contributed by atoms with van der Waals surface area (Å²) in [5.41, 5.74) is -2.83. The highest BCUT2D eigenvalue weighted by Gasteiger charge is 2.47. The van der Waals surface area contributed by atoms with Gasteiger partial charge in [-0.25, -0.2) is 8.42 Å². The second-order valence-corrected chi connectivity index (χ2v) is 8.42. The van der Waals surface area contributed by atoms with Crippen LogP contribution in [0.4, 0.5) is 13.2 Å². The lowest BCUT2D eigenvalue weighted by Crippen LogP contribution is -2.30. The summed E-state index contributed by atoms with van der Waals surface area (Å²) < 4.78 is 71.1. The molecular formula is C14H19ClF3N3O4S. The maximum Gasteiger partial charge on any atom is 0.433 e. The van der Waals surface area contributed by atoms with Crippen LogP contribution in [-0.4, -0.2) is 41.7 Å². The summed E-state index contributed by atoms with van der Waals surface area (Å²) in [6.07, 6.45) is -5.08. The van der Waals surface area contributed by atoms with E-state index in [-0.39, 0.29) is 30.4 Å². The summed E-state index contributed by atoms with van der Waals surface area (Å²) in [4.78, 5) is 5.08. The van der Waals surface area contributed by atoms with Gasteiger partial charge in [0, 0.05) is 6.42 Å². The maximum atomic E-state index is 13.3. The van der Waals surface area contributed by atoms with Gasteiger partial charge >= 0.3 is 6.18 Å². The van der Waals surface area contributed by atoms with Crippen molar-refractivity contribution in [1.82, 2.24) is 10.2 Å². The molecule has 12 heteroatoms. The number of oxime groups is 1. The number of sulfone groups is 1. The number of ether oxygens (including phenoxy) is 1. The third-order valence-corrected chi connectivity index (χ3v) is 6.66. The first-order valence-electron chi connectivity index (χ1n) is 7.83. The summed E-state index contributed by atoms with van der Waals surface area (Å²) in [7, 11) is -4.25. The molecule has 0 saturated heterocycles. The quantitative estimate of drug-likeness (QED) is 0.716. The van der Waals surface area contributed by atoms with E-state index >= 15 is 0 Å². The number of nitrogens with one attached hydrogen (secondary N) is 1. The number of hydrogen-bond acceptors (Lipinski definition) is 6. The Kier molecular flexibility index (Phi) is 5.81. The summed E-state index contributed by atoms with van der Waals surface area (Å²) in [6, 6.07) is 0. The zero-order valence-corrected chi connectivity index (χ0v) is 15.9. The second kappa shape index (κ2) is 7.26. The van der Waals surface area contributed by atoms with Crippen LogP contribution in [0.5, 0.6) is 5.88 Å². The molecule has 148 valence electrons. The average molecular weight is 418 g/mol. The van der Waals surface area contributed by atoms with Crippen molar-refractivity contribution in [2.75, 3.05) is 12.5 Å². The van der Waals surface area contributed by atoms with Crippen LogP contribution in [0.2, 0.25) is 0 Å². The third kappa shape index (κ3) is 3.78. The molecular weight excluding hydrogens is 399 g/mol. The molecule has 2 heterocycles. The first-order valence-corrected chi connectivity index (χ1v) is 9.91. The van der Waals surface area contributed by atoms with Crippen molar-refractivity contribution >= 4 is 26.5 Å². The largest absolute Gasteiger partial charge is 0.477 e. The van der Waals surface area contributed by atoms with Gasteiger partial charge in [-0.3, -0.25) is 5.10 Å². The highest BCUT2D eigenvalue weighted by Crippen LogP contribution is 2.43. The van der Waals surface area contributed by atoms with E-state index in [1.165, 1.54) is 6.92 Å². The molecule has 0 radical (unpaired) electrons. The summed E-state index contributed by atoms with van der Waals surface area (Å²) in [6.45, 7) is 4.61. The number of nitrogens with zero attached hydrogens (tertiary/aromatic N) is 2. The van der Waals surface area contributed by atoms with Crippen molar-refractivity contribution in [3.63, 3.8) is 0 Å². The molecule has 7 nitrogen and oxygen atoms in total. The highest BCUT2D eigenvalue weighted by molar-refractivity contribution is 8.06. The molecule has 2 unspecified atom stereocenters. The number of H-pyrrole nitrogens is 1. The number of rotatable bonds is 6. The fourth-order valence-electron chi connectivity index (χ4n) is 2.61. The summed E-state index contributed by atoms with van der Waals surface area (Å²) >= 11 is 5.75. The van der Waals surface area contributed by atoms with E-state index in [9.17, 15) is 21.6 Å². The average Bonchev–Trinajstić information content (AvgIpc) is 3.14. The van der Waals surface area contributed by atoms with E-state index in [0.29, 0.717) is 0 Å². The van der Waals surface area contributed by atoms with Crippen molar-refractivity contribution in [1.29, 1.82) is 0 Å². The fourth-order valence-corrected chi connectivity index (χ4v) is 4.70. The molecule has 1 N–H and O–H groups in total. The minimum atomic E-state index is -4.82. The maximum absolute atomic E-state index is 13.3. The Hall–Kier alpha value is -1.49. The normalized spacial score (nSPS) is 22.0. The number of halogens is 4. The van der Waals surface area contributed by atoms with Gasteiger partial charge in [0.15, 0.2) is 10.6 Å². The predicted molar refractivity (Wildman–Crippen MR) is 89.0 cm³/mol. The molecule has 0 spiro atoms. The first-order chi connectivity index (χ1) is 12.0. The van der Waals surface area contributed by atoms with Crippen molar-refractivity contribution in [2.45, 2.75) is 50.6 Å². The van der Waals surface area contributed by atoms with Gasteiger partial charge in [-0.15, -0.1) is 16.7 Å². The van der Waals surface area contributed by atoms with E-state index in [0.717, 1.165) is 0 Å². The lowest BCUT2D eigenvalue weighted by molar-refractivity contribution is -0.141. The van der Waals surface area contributed by atoms with Crippen LogP contribution in [-0.2, 0) is 20.9 Å². The van der Waals surface area contributed by atoms with E-state index in [1.54, 1.807) is 13.8 Å². The molecule has 0 saturated carbocycles. The van der Waals surface area contributed by atoms with E-state index in [4.69, 9.17) is 21.2 Å². The molecule has 0 aliphatic carbocycles. The van der Waals surface area contributed by atoms with Crippen LogP contribution in [0.25, 0.3) is 0 Å². The minimum Gasteiger partial charge on any atom is -0.477 e. The van der Waals surface area contributed by atoms with Crippen LogP contribution in [0.1, 0.15) is 50.1 Å². The van der Waals surface area contributed by atoms with Crippen molar-refractivity contribution in [2.24, 2.45) is 5.16 Å². The number of aromatic amines is 1. The van der Waals surface area contributed by atoms with Crippen LogP contribution in [0, 0.1) is 0 Å². The van der Waals surface area contributed by atoms with Crippen molar-refractivity contribution < 1.29 is 31.2 Å². The van der Waals surface area contributed by atoms with Gasteiger partial charge in [-0.05, 0) is 20.3 Å². The van der Waals surface area contributed by atoms with E-state index in [1.807, 2.05) is 5.10 Å². The number of alkyl halides is 4. The van der Waals surface area contributed by atoms with E-state index in [2.05, 4.69) is 10.3 Å². The molecule has 2 rings (SSSR count). The topological polar surface area (TPSA) is 93.6 Å². The molecule has 1 aliphatic heterocycles. The Morgan fingerprint density at radius 1 is 1.42 bits per heavy atom. The van der Waals surface area contributed by atoms with Crippen LogP contribution in [0.15, 0.2) is 5.16 Å². The van der Waals surface area contributed by atoms with Gasteiger partial charge in [0.05, 0.1) is 23.3 Å². The Balaban J connectivity index is 2.53. The fraction of sp³-hybridized carbons (Fsp3) is 0.714. The zero-order chi connectivity index (χ0) is 19.8. The highest BCUT2D eigenvalue weighted by atomic mass is 35.5. The van der Waals surface area contributed by atoms with Crippen LogP contribution >= 0.6 is 11.6 Å². The Bertz CT molecular complexity index is 794. The molecule has 0 aromatic carbocycles. The Morgan fingerprint density at radius 3 is 2.54 bits per heavy atom. The van der Waals surface area contributed by atoms with E-state index < -0.39 is 44.0 Å². The SMILES string of the molecule is CCOc1n[nH]c(C(F)(F)F)c1C(CC)S(=O)(=O)C1=NOC(C)(CCl)C1. The van der Waals surface area contributed by atoms with Gasteiger partial charge in [0.25, 0.3) is 0 Å². The number of aromatic nitrogens is 2. The van der Waals surface area contributed by atoms with Gasteiger partial charge in [-0.2, -0.15) is 13.2 Å². The lowest BCUT2D eigenvalue weighted by Gasteiger charge is -2.19. The summed E-state index contributed by atoms with van der Waals surface area (Å²) in [5.74, 6) is -0.411. The van der Waals surface area contributed by atoms with Crippen LogP contribution < -0.4 is 4.74 Å². The smallest absolute Gasteiger partial charge is 0.433 e. The Morgan fingerprint density at radius 2 is 2.08 bits per heavy atom. The molecule has 0 amide bonds. The standard InChI is InChI=1S/C14H19ClF3N3O4S/c1-4-8(26(22,23)9-6-13(3,7-15)25-21-9)10-11(14(16,17)18)19-20-12(10)24-5-2/h8H,4-7H2,1-3H3,(H,19,20). The molecule has 2 atom stereocenters. The molecule has 1 aliphatic rings. The molecule has 0 fully saturated rings. The van der Waals surface area contributed by atoms with Gasteiger partial charge in [0.1, 0.15) is 5.69 Å². The minimum absolute atomic E-state index is 0.0178. The van der Waals surface area contributed by atoms with Gasteiger partial charge in [-0.1, -0.05) is 12.1 Å². The van der Waals surface area contributed by atoms with Crippen molar-refractivity contribution in [3.05, 3.63) is 11.3 Å². The predicted octanol–water partition coefficient (Wildman–Crippen LogP) is 3.42. The second-order valence-electron chi connectivity index (χ2n) is 6.03.